The van der Waals surface area contributed by atoms with E-state index in [-0.39, 0.29) is 17.9 Å². The number of alkyl carbamates (subject to hydrolysis) is 1. The summed E-state index contributed by atoms with van der Waals surface area (Å²) in [7, 11) is 1.65. The fourth-order valence-corrected chi connectivity index (χ4v) is 5.07. The summed E-state index contributed by atoms with van der Waals surface area (Å²) in [6, 6.07) is 4.42. The number of hydrogen-bond donors (Lipinski definition) is 2. The van der Waals surface area contributed by atoms with Crippen LogP contribution in [0.25, 0.3) is 0 Å². The molecule has 2 atom stereocenters. The van der Waals surface area contributed by atoms with Crippen LogP contribution in [0.2, 0.25) is 0 Å². The van der Waals surface area contributed by atoms with E-state index in [9.17, 15) is 14.4 Å². The first-order valence-electron chi connectivity index (χ1n) is 12.6. The van der Waals surface area contributed by atoms with E-state index in [4.69, 9.17) is 4.74 Å². The Balaban J connectivity index is 2.35. The zero-order valence-electron chi connectivity index (χ0n) is 22.4. The van der Waals surface area contributed by atoms with Crippen molar-refractivity contribution in [1.82, 2.24) is 15.5 Å². The first kappa shape index (κ1) is 29.0. The van der Waals surface area contributed by atoms with Crippen molar-refractivity contribution in [2.75, 3.05) is 19.1 Å². The van der Waals surface area contributed by atoms with Crippen LogP contribution < -0.4 is 10.6 Å². The Bertz CT molecular complexity index is 857. The topological polar surface area (TPSA) is 87.7 Å². The fraction of sp³-hybridized carbons (Fsp3) is 0.667. The van der Waals surface area contributed by atoms with Crippen molar-refractivity contribution in [3.05, 3.63) is 34.9 Å². The molecule has 2 unspecified atom stereocenters. The molecule has 35 heavy (non-hydrogen) atoms. The Morgan fingerprint density at radius 2 is 1.71 bits per heavy atom. The van der Waals surface area contributed by atoms with Gasteiger partial charge in [0.2, 0.25) is 11.8 Å². The number of thioether (sulfide) groups is 1. The van der Waals surface area contributed by atoms with Gasteiger partial charge in [0.25, 0.3) is 0 Å². The Morgan fingerprint density at radius 1 is 1.11 bits per heavy atom. The van der Waals surface area contributed by atoms with E-state index in [2.05, 4.69) is 10.6 Å². The van der Waals surface area contributed by atoms with Gasteiger partial charge >= 0.3 is 6.09 Å². The molecule has 0 aromatic heterocycles. The predicted octanol–water partition coefficient (Wildman–Crippen LogP) is 4.90. The zero-order chi connectivity index (χ0) is 26.2. The Morgan fingerprint density at radius 3 is 2.26 bits per heavy atom. The van der Waals surface area contributed by atoms with Gasteiger partial charge in [-0.3, -0.25) is 9.59 Å². The van der Waals surface area contributed by atoms with Crippen molar-refractivity contribution in [2.45, 2.75) is 96.9 Å². The van der Waals surface area contributed by atoms with E-state index in [0.717, 1.165) is 42.4 Å². The maximum atomic E-state index is 13.8. The minimum Gasteiger partial charge on any atom is -0.444 e. The molecule has 196 valence electrons. The van der Waals surface area contributed by atoms with E-state index in [1.54, 1.807) is 39.6 Å². The molecule has 1 fully saturated rings. The summed E-state index contributed by atoms with van der Waals surface area (Å²) in [6.07, 6.45) is 7.07. The smallest absolute Gasteiger partial charge is 0.408 e. The molecule has 1 aromatic rings. The van der Waals surface area contributed by atoms with E-state index >= 15 is 0 Å². The first-order valence-corrected chi connectivity index (χ1v) is 14.0. The predicted molar refractivity (Wildman–Crippen MR) is 143 cm³/mol. The summed E-state index contributed by atoms with van der Waals surface area (Å²) < 4.78 is 5.40. The molecule has 0 radical (unpaired) electrons. The van der Waals surface area contributed by atoms with Crippen LogP contribution in [0.1, 0.15) is 82.0 Å². The Hall–Kier alpha value is -2.22. The van der Waals surface area contributed by atoms with E-state index in [1.807, 2.05) is 38.3 Å². The lowest BCUT2D eigenvalue weighted by Gasteiger charge is -2.34. The van der Waals surface area contributed by atoms with Crippen LogP contribution in [-0.2, 0) is 14.3 Å². The molecule has 1 aliphatic rings. The van der Waals surface area contributed by atoms with Gasteiger partial charge in [-0.05, 0) is 82.6 Å². The molecule has 0 spiro atoms. The normalized spacial score (nSPS) is 16.2. The van der Waals surface area contributed by atoms with Crippen LogP contribution >= 0.6 is 11.8 Å². The number of ether oxygens (including phenoxy) is 1. The van der Waals surface area contributed by atoms with Crippen molar-refractivity contribution >= 4 is 29.7 Å². The second-order valence-electron chi connectivity index (χ2n) is 10.5. The highest BCUT2D eigenvalue weighted by molar-refractivity contribution is 7.98. The standard InChI is InChI=1S/C27H43N3O4S/c1-18-12-11-13-19(2)22(18)23(24(31)28-20-14-9-8-10-15-20)30(6)25(32)21(16-17-35-7)29-26(33)34-27(3,4)5/h11-13,20-21,23H,8-10,14-17H2,1-7H3,(H,28,31)(H,29,33). The summed E-state index contributed by atoms with van der Waals surface area (Å²) in [5.41, 5.74) is 2.06. The van der Waals surface area contributed by atoms with E-state index in [0.29, 0.717) is 12.2 Å². The molecule has 1 saturated carbocycles. The number of likely N-dealkylation sites (N-methyl/N-ethyl adjacent to an activating group) is 1. The third-order valence-corrected chi connectivity index (χ3v) is 6.99. The van der Waals surface area contributed by atoms with Crippen LogP contribution in [0.5, 0.6) is 0 Å². The molecule has 0 saturated heterocycles. The lowest BCUT2D eigenvalue weighted by molar-refractivity contribution is -0.141. The number of amides is 3. The number of hydrogen-bond acceptors (Lipinski definition) is 5. The van der Waals surface area contributed by atoms with Gasteiger partial charge in [-0.1, -0.05) is 37.5 Å². The molecular weight excluding hydrogens is 462 g/mol. The van der Waals surface area contributed by atoms with Crippen LogP contribution in [0.3, 0.4) is 0 Å². The Labute approximate surface area is 215 Å². The van der Waals surface area contributed by atoms with Gasteiger partial charge in [-0.2, -0.15) is 11.8 Å². The molecule has 0 heterocycles. The number of nitrogens with one attached hydrogen (secondary N) is 2. The number of carbonyl (C=O) groups is 3. The molecule has 0 aliphatic heterocycles. The molecule has 7 nitrogen and oxygen atoms in total. The fourth-order valence-electron chi connectivity index (χ4n) is 4.60. The molecule has 0 bridgehead atoms. The highest BCUT2D eigenvalue weighted by atomic mass is 32.2. The molecule has 8 heteroatoms. The number of aryl methyl sites for hydroxylation is 2. The second kappa shape index (κ2) is 13.2. The van der Waals surface area contributed by atoms with Gasteiger partial charge in [0.15, 0.2) is 0 Å². The second-order valence-corrected chi connectivity index (χ2v) is 11.5. The maximum Gasteiger partial charge on any atom is 0.408 e. The van der Waals surface area contributed by atoms with Crippen molar-refractivity contribution in [3.63, 3.8) is 0 Å². The van der Waals surface area contributed by atoms with Crippen LogP contribution in [0.4, 0.5) is 4.79 Å². The van der Waals surface area contributed by atoms with E-state index in [1.165, 1.54) is 11.3 Å². The number of nitrogens with zero attached hydrogens (tertiary/aromatic N) is 1. The summed E-state index contributed by atoms with van der Waals surface area (Å²) >= 11 is 1.60. The lowest BCUT2D eigenvalue weighted by atomic mass is 9.92. The average molecular weight is 506 g/mol. The van der Waals surface area contributed by atoms with Gasteiger partial charge in [0, 0.05) is 13.1 Å². The minimum atomic E-state index is -0.795. The highest BCUT2D eigenvalue weighted by Gasteiger charge is 2.36. The van der Waals surface area contributed by atoms with E-state index < -0.39 is 23.8 Å². The summed E-state index contributed by atoms with van der Waals surface area (Å²) in [6.45, 7) is 9.27. The van der Waals surface area contributed by atoms with Crippen LogP contribution in [0, 0.1) is 13.8 Å². The molecule has 1 aromatic carbocycles. The molecular formula is C27H43N3O4S. The van der Waals surface area contributed by atoms with Gasteiger partial charge in [-0.25, -0.2) is 4.79 Å². The minimum absolute atomic E-state index is 0.124. The van der Waals surface area contributed by atoms with Gasteiger partial charge < -0.3 is 20.3 Å². The lowest BCUT2D eigenvalue weighted by Crippen LogP contribution is -2.53. The molecule has 2 rings (SSSR count). The Kier molecular flexibility index (Phi) is 10.9. The summed E-state index contributed by atoms with van der Waals surface area (Å²) in [4.78, 5) is 41.4. The third-order valence-electron chi connectivity index (χ3n) is 6.35. The quantitative estimate of drug-likeness (QED) is 0.499. The number of benzene rings is 1. The highest BCUT2D eigenvalue weighted by Crippen LogP contribution is 2.29. The number of carbonyl (C=O) groups excluding carboxylic acids is 3. The SMILES string of the molecule is CSCCC(NC(=O)OC(C)(C)C)C(=O)N(C)C(C(=O)NC1CCCCC1)c1c(C)cccc1C. The largest absolute Gasteiger partial charge is 0.444 e. The van der Waals surface area contributed by atoms with Crippen molar-refractivity contribution in [3.8, 4) is 0 Å². The van der Waals surface area contributed by atoms with Gasteiger partial charge in [0.05, 0.1) is 0 Å². The molecule has 3 amide bonds. The monoisotopic (exact) mass is 505 g/mol. The molecule has 1 aliphatic carbocycles. The number of rotatable bonds is 9. The van der Waals surface area contributed by atoms with Gasteiger partial charge in [0.1, 0.15) is 17.7 Å². The summed E-state index contributed by atoms with van der Waals surface area (Å²) in [5, 5.41) is 5.96. The maximum absolute atomic E-state index is 13.8. The molecule has 2 N–H and O–H groups in total. The zero-order valence-corrected chi connectivity index (χ0v) is 23.2. The first-order chi connectivity index (χ1) is 16.4. The van der Waals surface area contributed by atoms with Crippen LogP contribution in [0.15, 0.2) is 18.2 Å². The summed E-state index contributed by atoms with van der Waals surface area (Å²) in [5.74, 6) is 0.199. The van der Waals surface area contributed by atoms with Gasteiger partial charge in [-0.15, -0.1) is 0 Å². The average Bonchev–Trinajstić information content (AvgIpc) is 2.77. The van der Waals surface area contributed by atoms with Crippen molar-refractivity contribution in [1.29, 1.82) is 0 Å². The van der Waals surface area contributed by atoms with Crippen LogP contribution in [-0.4, -0.2) is 59.5 Å². The van der Waals surface area contributed by atoms with Crippen molar-refractivity contribution < 1.29 is 19.1 Å². The third kappa shape index (κ3) is 8.74. The van der Waals surface area contributed by atoms with Crippen molar-refractivity contribution in [2.24, 2.45) is 0 Å².